The number of hydrogen-bond acceptors (Lipinski definition) is 4. The third kappa shape index (κ3) is 10.7. The van der Waals surface area contributed by atoms with Crippen LogP contribution >= 0.6 is 0 Å². The van der Waals surface area contributed by atoms with Gasteiger partial charge in [-0.3, -0.25) is 9.59 Å². The van der Waals surface area contributed by atoms with Gasteiger partial charge in [0.15, 0.2) is 0 Å². The molecule has 0 aliphatic rings. The first-order valence-corrected chi connectivity index (χ1v) is 5.87. The Morgan fingerprint density at radius 1 is 1.00 bits per heavy atom. The zero-order valence-electron chi connectivity index (χ0n) is 11.1. The van der Waals surface area contributed by atoms with Gasteiger partial charge in [-0.25, -0.2) is 0 Å². The molecular formula is C14H20O4. The van der Waals surface area contributed by atoms with Crippen LogP contribution in [0.5, 0.6) is 0 Å². The van der Waals surface area contributed by atoms with E-state index in [0.717, 1.165) is 6.42 Å². The quantitative estimate of drug-likeness (QED) is 0.772. The van der Waals surface area contributed by atoms with Crippen LogP contribution in [0.15, 0.2) is 30.3 Å². The van der Waals surface area contributed by atoms with Crippen molar-refractivity contribution in [3.63, 3.8) is 0 Å². The smallest absolute Gasteiger partial charge is 0.302 e. The Morgan fingerprint density at radius 3 is 1.94 bits per heavy atom. The van der Waals surface area contributed by atoms with Crippen LogP contribution in [0.1, 0.15) is 26.3 Å². The standard InChI is InChI=1S/C10H12O2.C4H8O2/c1-9(11)12-8-7-10-5-3-2-4-6-10;1-3-6-4(2)5/h2-6H,7-8H2,1H3;3H2,1-2H3. The first kappa shape index (κ1) is 16.2. The fourth-order valence-corrected chi connectivity index (χ4v) is 1.16. The molecule has 100 valence electrons. The van der Waals surface area contributed by atoms with Crippen LogP contribution in [-0.4, -0.2) is 25.2 Å². The summed E-state index contributed by atoms with van der Waals surface area (Å²) in [5, 5.41) is 0. The number of benzene rings is 1. The summed E-state index contributed by atoms with van der Waals surface area (Å²) in [6, 6.07) is 9.95. The highest BCUT2D eigenvalue weighted by molar-refractivity contribution is 5.66. The molecule has 4 heteroatoms. The van der Waals surface area contributed by atoms with Crippen LogP contribution in [0, 0.1) is 0 Å². The molecule has 4 nitrogen and oxygen atoms in total. The van der Waals surface area contributed by atoms with Crippen molar-refractivity contribution in [3.8, 4) is 0 Å². The molecule has 0 radical (unpaired) electrons. The molecule has 0 saturated heterocycles. The van der Waals surface area contributed by atoms with Crippen molar-refractivity contribution in [2.75, 3.05) is 13.2 Å². The first-order chi connectivity index (χ1) is 8.56. The highest BCUT2D eigenvalue weighted by atomic mass is 16.5. The van der Waals surface area contributed by atoms with Crippen molar-refractivity contribution in [1.82, 2.24) is 0 Å². The van der Waals surface area contributed by atoms with E-state index in [4.69, 9.17) is 4.74 Å². The van der Waals surface area contributed by atoms with Gasteiger partial charge in [0, 0.05) is 20.3 Å². The number of ether oxygens (including phenoxy) is 2. The van der Waals surface area contributed by atoms with Gasteiger partial charge in [-0.1, -0.05) is 30.3 Å². The molecule has 18 heavy (non-hydrogen) atoms. The lowest BCUT2D eigenvalue weighted by atomic mass is 10.2. The summed E-state index contributed by atoms with van der Waals surface area (Å²) in [5.41, 5.74) is 1.19. The molecule has 0 unspecified atom stereocenters. The molecule has 0 saturated carbocycles. The van der Waals surface area contributed by atoms with E-state index < -0.39 is 0 Å². The maximum Gasteiger partial charge on any atom is 0.302 e. The van der Waals surface area contributed by atoms with E-state index in [-0.39, 0.29) is 11.9 Å². The molecule has 1 rings (SSSR count). The van der Waals surface area contributed by atoms with Crippen LogP contribution in [0.25, 0.3) is 0 Å². The lowest BCUT2D eigenvalue weighted by Gasteiger charge is -2.00. The average Bonchev–Trinajstić information content (AvgIpc) is 2.30. The summed E-state index contributed by atoms with van der Waals surface area (Å²) in [6.45, 7) is 5.55. The van der Waals surface area contributed by atoms with Crippen LogP contribution < -0.4 is 0 Å². The second-order valence-electron chi connectivity index (χ2n) is 3.50. The molecule has 0 atom stereocenters. The van der Waals surface area contributed by atoms with Gasteiger partial charge in [0.2, 0.25) is 0 Å². The second kappa shape index (κ2) is 10.3. The minimum atomic E-state index is -0.217. The number of carbonyl (C=O) groups is 2. The summed E-state index contributed by atoms with van der Waals surface area (Å²) in [5.74, 6) is -0.427. The number of carbonyl (C=O) groups excluding carboxylic acids is 2. The SMILES string of the molecule is CC(=O)OCCc1ccccc1.CCOC(C)=O. The van der Waals surface area contributed by atoms with Crippen LogP contribution in [0.3, 0.4) is 0 Å². The largest absolute Gasteiger partial charge is 0.466 e. The molecule has 1 aromatic carbocycles. The lowest BCUT2D eigenvalue weighted by molar-refractivity contribution is -0.141. The maximum absolute atomic E-state index is 10.4. The molecule has 0 aliphatic heterocycles. The van der Waals surface area contributed by atoms with E-state index in [2.05, 4.69) is 4.74 Å². The van der Waals surface area contributed by atoms with E-state index in [1.165, 1.54) is 19.4 Å². The minimum absolute atomic E-state index is 0.211. The van der Waals surface area contributed by atoms with E-state index in [1.807, 2.05) is 30.3 Å². The van der Waals surface area contributed by atoms with Crippen molar-refractivity contribution >= 4 is 11.9 Å². The highest BCUT2D eigenvalue weighted by Crippen LogP contribution is 1.99. The third-order valence-electron chi connectivity index (χ3n) is 1.89. The van der Waals surface area contributed by atoms with Crippen LogP contribution in [0.2, 0.25) is 0 Å². The molecule has 0 bridgehead atoms. The zero-order valence-corrected chi connectivity index (χ0v) is 11.1. The number of esters is 2. The Hall–Kier alpha value is -1.84. The molecule has 0 fully saturated rings. The van der Waals surface area contributed by atoms with Crippen molar-refractivity contribution in [3.05, 3.63) is 35.9 Å². The monoisotopic (exact) mass is 252 g/mol. The van der Waals surface area contributed by atoms with Crippen molar-refractivity contribution in [2.24, 2.45) is 0 Å². The van der Waals surface area contributed by atoms with Crippen LogP contribution in [0.4, 0.5) is 0 Å². The third-order valence-corrected chi connectivity index (χ3v) is 1.89. The van der Waals surface area contributed by atoms with E-state index >= 15 is 0 Å². The summed E-state index contributed by atoms with van der Waals surface area (Å²) in [6.07, 6.45) is 0.792. The Morgan fingerprint density at radius 2 is 1.56 bits per heavy atom. The zero-order chi connectivity index (χ0) is 13.8. The topological polar surface area (TPSA) is 52.6 Å². The normalized spacial score (nSPS) is 8.83. The first-order valence-electron chi connectivity index (χ1n) is 5.87. The molecule has 0 spiro atoms. The van der Waals surface area contributed by atoms with Gasteiger partial charge in [-0.2, -0.15) is 0 Å². The summed E-state index contributed by atoms with van der Waals surface area (Å²) in [4.78, 5) is 20.2. The number of rotatable bonds is 4. The van der Waals surface area contributed by atoms with Gasteiger partial charge < -0.3 is 9.47 Å². The predicted molar refractivity (Wildman–Crippen MR) is 69.1 cm³/mol. The predicted octanol–water partition coefficient (Wildman–Crippen LogP) is 2.36. The maximum atomic E-state index is 10.4. The molecule has 0 amide bonds. The van der Waals surface area contributed by atoms with Gasteiger partial charge in [-0.15, -0.1) is 0 Å². The fraction of sp³-hybridized carbons (Fsp3) is 0.429. The summed E-state index contributed by atoms with van der Waals surface area (Å²) in [7, 11) is 0. The van der Waals surface area contributed by atoms with E-state index in [1.54, 1.807) is 6.92 Å². The Balaban J connectivity index is 0.000000411. The van der Waals surface area contributed by atoms with Crippen molar-refractivity contribution < 1.29 is 19.1 Å². The number of hydrogen-bond donors (Lipinski definition) is 0. The molecule has 0 N–H and O–H groups in total. The van der Waals surface area contributed by atoms with Crippen molar-refractivity contribution in [2.45, 2.75) is 27.2 Å². The van der Waals surface area contributed by atoms with Crippen LogP contribution in [-0.2, 0) is 25.5 Å². The Kier molecular flexibility index (Phi) is 9.27. The van der Waals surface area contributed by atoms with Gasteiger partial charge in [-0.05, 0) is 12.5 Å². The molecule has 0 aliphatic carbocycles. The van der Waals surface area contributed by atoms with E-state index in [9.17, 15) is 9.59 Å². The van der Waals surface area contributed by atoms with Gasteiger partial charge in [0.1, 0.15) is 0 Å². The molecule has 1 aromatic rings. The second-order valence-corrected chi connectivity index (χ2v) is 3.50. The molecule has 0 heterocycles. The fourth-order valence-electron chi connectivity index (χ4n) is 1.16. The highest BCUT2D eigenvalue weighted by Gasteiger charge is 1.93. The van der Waals surface area contributed by atoms with Gasteiger partial charge in [0.25, 0.3) is 0 Å². The molecular weight excluding hydrogens is 232 g/mol. The lowest BCUT2D eigenvalue weighted by Crippen LogP contribution is -2.02. The minimum Gasteiger partial charge on any atom is -0.466 e. The Labute approximate surface area is 108 Å². The summed E-state index contributed by atoms with van der Waals surface area (Å²) >= 11 is 0. The van der Waals surface area contributed by atoms with Crippen molar-refractivity contribution in [1.29, 1.82) is 0 Å². The Bertz CT molecular complexity index is 346. The van der Waals surface area contributed by atoms with E-state index in [0.29, 0.717) is 13.2 Å². The summed E-state index contributed by atoms with van der Waals surface area (Å²) < 4.78 is 9.21. The average molecular weight is 252 g/mol. The van der Waals surface area contributed by atoms with Gasteiger partial charge >= 0.3 is 11.9 Å². The van der Waals surface area contributed by atoms with Gasteiger partial charge in [0.05, 0.1) is 13.2 Å². The molecule has 0 aromatic heterocycles.